The van der Waals surface area contributed by atoms with Crippen molar-refractivity contribution in [3.63, 3.8) is 0 Å². The fraction of sp³-hybridized carbons (Fsp3) is 0.471. The lowest BCUT2D eigenvalue weighted by Crippen LogP contribution is -2.23. The Morgan fingerprint density at radius 3 is 2.67 bits per heavy atom. The first-order chi connectivity index (χ1) is 12.9. The Morgan fingerprint density at radius 1 is 1.19 bits per heavy atom. The molecule has 1 aliphatic carbocycles. The van der Waals surface area contributed by atoms with E-state index in [0.29, 0.717) is 15.5 Å². The van der Waals surface area contributed by atoms with Gasteiger partial charge in [-0.2, -0.15) is 0 Å². The van der Waals surface area contributed by atoms with Gasteiger partial charge in [-0.25, -0.2) is 13.2 Å². The van der Waals surface area contributed by atoms with E-state index in [-0.39, 0.29) is 0 Å². The summed E-state index contributed by atoms with van der Waals surface area (Å²) >= 11 is 2.52. The molecule has 10 heteroatoms. The minimum Gasteiger partial charge on any atom is -0.357 e. The van der Waals surface area contributed by atoms with Crippen molar-refractivity contribution in [1.29, 1.82) is 0 Å². The zero-order chi connectivity index (χ0) is 19.4. The fourth-order valence-electron chi connectivity index (χ4n) is 2.80. The van der Waals surface area contributed by atoms with Gasteiger partial charge < -0.3 is 10.6 Å². The maximum Gasteiger partial charge on any atom is 0.237 e. The number of carbonyl (C=O) groups excluding carboxylic acids is 1. The Bertz CT molecular complexity index is 811. The Kier molecular flexibility index (Phi) is 6.59. The third kappa shape index (κ3) is 5.13. The second-order valence-electron chi connectivity index (χ2n) is 6.32. The Labute approximate surface area is 163 Å². The molecule has 1 amide bonds. The van der Waals surface area contributed by atoms with Crippen LogP contribution in [0.3, 0.4) is 0 Å². The monoisotopic (exact) mass is 416 g/mol. The van der Waals surface area contributed by atoms with Crippen LogP contribution in [0, 0.1) is 17.5 Å². The Morgan fingerprint density at radius 2 is 1.93 bits per heavy atom. The van der Waals surface area contributed by atoms with Gasteiger partial charge in [0.25, 0.3) is 0 Å². The average Bonchev–Trinajstić information content (AvgIpc) is 3.09. The number of halogens is 3. The zero-order valence-corrected chi connectivity index (χ0v) is 16.2. The van der Waals surface area contributed by atoms with Gasteiger partial charge in [-0.1, -0.05) is 42.4 Å². The van der Waals surface area contributed by atoms with Crippen molar-refractivity contribution in [2.75, 3.05) is 10.6 Å². The van der Waals surface area contributed by atoms with Crippen LogP contribution in [-0.4, -0.2) is 27.4 Å². The molecular formula is C17H19F3N4OS2. The van der Waals surface area contributed by atoms with E-state index < -0.39 is 34.3 Å². The summed E-state index contributed by atoms with van der Waals surface area (Å²) in [5, 5.41) is 13.9. The number of hydrogen-bond donors (Lipinski definition) is 2. The summed E-state index contributed by atoms with van der Waals surface area (Å²) in [6.45, 7) is 1.62. The number of carbonyl (C=O) groups is 1. The second-order valence-corrected chi connectivity index (χ2v) is 8.89. The van der Waals surface area contributed by atoms with Crippen molar-refractivity contribution < 1.29 is 18.0 Å². The maximum absolute atomic E-state index is 13.7. The third-order valence-electron chi connectivity index (χ3n) is 4.28. The van der Waals surface area contributed by atoms with Crippen LogP contribution in [0.5, 0.6) is 0 Å². The summed E-state index contributed by atoms with van der Waals surface area (Å²) in [5.74, 6) is -4.88. The van der Waals surface area contributed by atoms with Crippen molar-refractivity contribution in [2.24, 2.45) is 0 Å². The number of aromatic nitrogens is 2. The lowest BCUT2D eigenvalue weighted by molar-refractivity contribution is -0.115. The molecule has 0 spiro atoms. The van der Waals surface area contributed by atoms with Crippen LogP contribution in [0.4, 0.5) is 24.0 Å². The van der Waals surface area contributed by atoms with Crippen molar-refractivity contribution in [3.05, 3.63) is 29.6 Å². The van der Waals surface area contributed by atoms with Gasteiger partial charge >= 0.3 is 0 Å². The lowest BCUT2D eigenvalue weighted by atomic mass is 9.96. The van der Waals surface area contributed by atoms with E-state index in [2.05, 4.69) is 20.8 Å². The molecule has 1 saturated carbocycles. The van der Waals surface area contributed by atoms with E-state index in [9.17, 15) is 18.0 Å². The summed E-state index contributed by atoms with van der Waals surface area (Å²) in [6, 6.07) is 2.15. The molecule has 0 radical (unpaired) electrons. The van der Waals surface area contributed by atoms with Gasteiger partial charge in [-0.3, -0.25) is 4.79 Å². The first-order valence-electron chi connectivity index (χ1n) is 8.65. The molecule has 1 unspecified atom stereocenters. The van der Waals surface area contributed by atoms with E-state index in [4.69, 9.17) is 0 Å². The summed E-state index contributed by atoms with van der Waals surface area (Å²) in [7, 11) is 0. The number of nitrogens with zero attached hydrogens (tertiary/aromatic N) is 2. The van der Waals surface area contributed by atoms with Crippen molar-refractivity contribution in [2.45, 2.75) is 54.7 Å². The van der Waals surface area contributed by atoms with Crippen LogP contribution in [0.2, 0.25) is 0 Å². The SMILES string of the molecule is CC(Sc1nnc(NC2CCCCC2)s1)C(=O)Nc1ccc(F)c(F)c1F. The number of benzene rings is 1. The molecule has 0 aliphatic heterocycles. The minimum absolute atomic E-state index is 0.400. The molecule has 5 nitrogen and oxygen atoms in total. The molecular weight excluding hydrogens is 397 g/mol. The number of thioether (sulfide) groups is 1. The van der Waals surface area contributed by atoms with E-state index >= 15 is 0 Å². The van der Waals surface area contributed by atoms with Crippen molar-refractivity contribution in [3.8, 4) is 0 Å². The van der Waals surface area contributed by atoms with E-state index in [0.717, 1.165) is 25.0 Å². The summed E-state index contributed by atoms with van der Waals surface area (Å²) < 4.78 is 40.5. The highest BCUT2D eigenvalue weighted by molar-refractivity contribution is 8.02. The number of hydrogen-bond acceptors (Lipinski definition) is 6. The third-order valence-corrected chi connectivity index (χ3v) is 6.32. The van der Waals surface area contributed by atoms with Gasteiger partial charge in [-0.15, -0.1) is 10.2 Å². The van der Waals surface area contributed by atoms with E-state index in [1.807, 2.05) is 0 Å². The van der Waals surface area contributed by atoms with Crippen LogP contribution in [0.25, 0.3) is 0 Å². The largest absolute Gasteiger partial charge is 0.357 e. The highest BCUT2D eigenvalue weighted by atomic mass is 32.2. The van der Waals surface area contributed by atoms with Crippen LogP contribution in [0.1, 0.15) is 39.0 Å². The molecule has 1 aliphatic rings. The predicted octanol–water partition coefficient (Wildman–Crippen LogP) is 4.82. The lowest BCUT2D eigenvalue weighted by Gasteiger charge is -2.21. The zero-order valence-electron chi connectivity index (χ0n) is 14.6. The van der Waals surface area contributed by atoms with Crippen LogP contribution < -0.4 is 10.6 Å². The molecule has 1 atom stereocenters. The predicted molar refractivity (Wildman–Crippen MR) is 101 cm³/mol. The van der Waals surface area contributed by atoms with Gasteiger partial charge in [-0.05, 0) is 31.9 Å². The summed E-state index contributed by atoms with van der Waals surface area (Å²) in [5.41, 5.74) is -0.400. The standard InChI is InChI=1S/C17H19F3N4OS2/c1-9(15(25)22-12-8-7-11(18)13(19)14(12)20)26-17-24-23-16(27-17)21-10-5-3-2-4-6-10/h7-10H,2-6H2,1H3,(H,21,23)(H,22,25). The summed E-state index contributed by atoms with van der Waals surface area (Å²) in [6.07, 6.45) is 5.90. The summed E-state index contributed by atoms with van der Waals surface area (Å²) in [4.78, 5) is 12.2. The van der Waals surface area contributed by atoms with Gasteiger partial charge in [0, 0.05) is 6.04 Å². The topological polar surface area (TPSA) is 66.9 Å². The van der Waals surface area contributed by atoms with Crippen LogP contribution in [0.15, 0.2) is 16.5 Å². The Balaban J connectivity index is 1.56. The molecule has 1 aromatic carbocycles. The second kappa shape index (κ2) is 8.92. The van der Waals surface area contributed by atoms with Gasteiger partial charge in [0.05, 0.1) is 10.9 Å². The van der Waals surface area contributed by atoms with Crippen molar-refractivity contribution in [1.82, 2.24) is 10.2 Å². The molecule has 0 bridgehead atoms. The fourth-order valence-corrected chi connectivity index (χ4v) is 4.77. The maximum atomic E-state index is 13.7. The highest BCUT2D eigenvalue weighted by Crippen LogP contribution is 2.31. The molecule has 146 valence electrons. The van der Waals surface area contributed by atoms with E-state index in [1.54, 1.807) is 6.92 Å². The first-order valence-corrected chi connectivity index (χ1v) is 10.3. The quantitative estimate of drug-likeness (QED) is 0.522. The van der Waals surface area contributed by atoms with Crippen LogP contribution in [-0.2, 0) is 4.79 Å². The number of amides is 1. The van der Waals surface area contributed by atoms with Crippen LogP contribution >= 0.6 is 23.1 Å². The first kappa shape index (κ1) is 19.9. The highest BCUT2D eigenvalue weighted by Gasteiger charge is 2.21. The molecule has 1 aromatic heterocycles. The Hall–Kier alpha value is -1.81. The van der Waals surface area contributed by atoms with Gasteiger partial charge in [0.2, 0.25) is 11.0 Å². The average molecular weight is 416 g/mol. The molecule has 0 saturated heterocycles. The molecule has 1 fully saturated rings. The molecule has 27 heavy (non-hydrogen) atoms. The minimum atomic E-state index is -1.62. The van der Waals surface area contributed by atoms with Gasteiger partial charge in [0.1, 0.15) is 0 Å². The van der Waals surface area contributed by atoms with Crippen molar-refractivity contribution >= 4 is 39.8 Å². The number of rotatable bonds is 6. The molecule has 2 N–H and O–H groups in total. The smallest absolute Gasteiger partial charge is 0.237 e. The van der Waals surface area contributed by atoms with Gasteiger partial charge in [0.15, 0.2) is 21.8 Å². The molecule has 1 heterocycles. The molecule has 2 aromatic rings. The van der Waals surface area contributed by atoms with E-state index in [1.165, 1.54) is 42.4 Å². The normalized spacial score (nSPS) is 16.1. The molecule has 3 rings (SSSR count). The number of anilines is 2. The number of nitrogens with one attached hydrogen (secondary N) is 2.